The molecule has 0 amide bonds. The van der Waals surface area contributed by atoms with Crippen LogP contribution in [-0.4, -0.2) is 18.3 Å². The molecule has 0 aliphatic heterocycles. The van der Waals surface area contributed by atoms with E-state index in [1.165, 1.54) is 172 Å². The summed E-state index contributed by atoms with van der Waals surface area (Å²) in [5.41, 5.74) is 25.4. The maximum absolute atomic E-state index is 2.40. The van der Waals surface area contributed by atoms with Crippen LogP contribution in [0.1, 0.15) is 109 Å². The van der Waals surface area contributed by atoms with Crippen molar-refractivity contribution in [3.05, 3.63) is 262 Å². The summed E-state index contributed by atoms with van der Waals surface area (Å²) in [6.45, 7) is 26.0. The lowest BCUT2D eigenvalue weighted by Gasteiger charge is -2.17. The Morgan fingerprint density at radius 1 is 0.267 bits per heavy atom. The lowest BCUT2D eigenvalue weighted by atomic mass is 9.89. The Hall–Kier alpha value is -8.60. The highest BCUT2D eigenvalue weighted by Gasteiger charge is 2.14. The Balaban J connectivity index is 0.000000108. The monoisotopic (exact) mass is 1130 g/mol. The second kappa shape index (κ2) is 26.8. The van der Waals surface area contributed by atoms with Gasteiger partial charge in [0.1, 0.15) is 0 Å². The number of aryl methyl sites for hydroxylation is 13. The molecule has 14 aromatic rings. The summed E-state index contributed by atoms with van der Waals surface area (Å²) in [4.78, 5) is 0. The van der Waals surface area contributed by atoms with Gasteiger partial charge in [0.05, 0.1) is 5.52 Å². The second-order valence-corrected chi connectivity index (χ2v) is 23.9. The average Bonchev–Trinajstić information content (AvgIpc) is 2.38. The van der Waals surface area contributed by atoms with Gasteiger partial charge in [-0.05, 0) is 214 Å². The van der Waals surface area contributed by atoms with Crippen LogP contribution in [0.25, 0.3) is 87.2 Å². The second-order valence-electron chi connectivity index (χ2n) is 23.9. The predicted octanol–water partition coefficient (Wildman–Crippen LogP) is 22.2. The highest BCUT2D eigenvalue weighted by Crippen LogP contribution is 2.34. The third-order valence-corrected chi connectivity index (χ3v) is 18.3. The van der Waals surface area contributed by atoms with Crippen molar-refractivity contribution < 1.29 is 0 Å². The Kier molecular flexibility index (Phi) is 18.4. The number of hydrogen-bond acceptors (Lipinski definition) is 0. The van der Waals surface area contributed by atoms with Crippen LogP contribution in [0.15, 0.2) is 206 Å². The van der Waals surface area contributed by atoms with E-state index in [0.29, 0.717) is 0 Å². The average molecular weight is 1130 g/mol. The van der Waals surface area contributed by atoms with E-state index in [4.69, 9.17) is 0 Å². The maximum Gasteiger partial charge on any atom is 0.0520 e. The van der Waals surface area contributed by atoms with Crippen LogP contribution >= 0.6 is 0 Å². The lowest BCUT2D eigenvalue weighted by Crippen LogP contribution is -2.03. The largest absolute Gasteiger partial charge is 0.341 e. The number of benzene rings is 10. The van der Waals surface area contributed by atoms with E-state index in [0.717, 1.165) is 26.2 Å². The first kappa shape index (κ1) is 59.1. The summed E-state index contributed by atoms with van der Waals surface area (Å²) < 4.78 is 9.56. The van der Waals surface area contributed by atoms with Gasteiger partial charge >= 0.3 is 0 Å². The van der Waals surface area contributed by atoms with Crippen LogP contribution < -0.4 is 0 Å². The molecule has 10 aromatic carbocycles. The first-order chi connectivity index (χ1) is 42.0. The van der Waals surface area contributed by atoms with Crippen LogP contribution in [0.2, 0.25) is 0 Å². The summed E-state index contributed by atoms with van der Waals surface area (Å²) in [7, 11) is 0. The van der Waals surface area contributed by atoms with E-state index < -0.39 is 0 Å². The van der Waals surface area contributed by atoms with E-state index in [-0.39, 0.29) is 0 Å². The molecule has 0 spiro atoms. The van der Waals surface area contributed by atoms with Crippen molar-refractivity contribution in [2.24, 2.45) is 0 Å². The molecule has 0 N–H and O–H groups in total. The van der Waals surface area contributed by atoms with Gasteiger partial charge in [-0.1, -0.05) is 169 Å². The maximum atomic E-state index is 2.40. The number of hydrogen-bond donors (Lipinski definition) is 0. The van der Waals surface area contributed by atoms with E-state index in [1.54, 1.807) is 22.3 Å². The molecule has 0 radical (unpaired) electrons. The highest BCUT2D eigenvalue weighted by molar-refractivity contribution is 6.11. The van der Waals surface area contributed by atoms with Crippen molar-refractivity contribution in [2.75, 3.05) is 0 Å². The fourth-order valence-electron chi connectivity index (χ4n) is 14.1. The van der Waals surface area contributed by atoms with Gasteiger partial charge in [-0.3, -0.25) is 0 Å². The Morgan fingerprint density at radius 2 is 0.686 bits per heavy atom. The molecule has 0 atom stereocenters. The lowest BCUT2D eigenvalue weighted by molar-refractivity contribution is 0.682. The Morgan fingerprint density at radius 3 is 1.35 bits per heavy atom. The molecule has 2 aliphatic carbocycles. The summed E-state index contributed by atoms with van der Waals surface area (Å²) in [5, 5.41) is 11.0. The molecule has 4 nitrogen and oxygen atoms in total. The molecule has 2 aliphatic rings. The SMILES string of the molecule is CCn1c2ccccc2c2c(C)cccc21.CCn1c2ccccc2c2cc(C)ccc21.CCn1c2ccccc2c2ccc(C)cc21.CCn1c2ccccc2c2cccc(C)c21.Cc1ccc2c(c1)CCCC2.Cc1cccc2c1CCCC2. The fraction of sp³-hybridized carbons (Fsp3) is 0.268. The van der Waals surface area contributed by atoms with Gasteiger partial charge in [0.15, 0.2) is 0 Å². The quantitative estimate of drug-likeness (QED) is 0.167. The molecule has 0 saturated heterocycles. The molecule has 16 rings (SSSR count). The standard InChI is InChI=1S/4C15H15N.2C11H14/c1-3-16-14-10-5-4-8-12(14)13-9-6-7-11(2)15(13)16;1-3-16-13-9-5-4-8-12(13)15-11(2)7-6-10-14(15)16;1-3-16-14-7-5-4-6-12(14)13-10-11(2)8-9-15(13)16;1-3-16-14-7-5-4-6-12(14)13-9-8-11(2)10-15(13)16;1-9-5-4-7-10-6-2-3-8-11(9)10;1-9-6-7-10-4-2-3-5-11(10)8-9/h4*4-10H,3H2,1-2H3;4-5,7H,2-3,6,8H2,1H3;6-8H,2-5H2,1H3. The van der Waals surface area contributed by atoms with Gasteiger partial charge in [0.2, 0.25) is 0 Å². The fourth-order valence-corrected chi connectivity index (χ4v) is 14.1. The van der Waals surface area contributed by atoms with Crippen LogP contribution in [-0.2, 0) is 51.9 Å². The van der Waals surface area contributed by atoms with Gasteiger partial charge in [0.25, 0.3) is 0 Å². The zero-order valence-electron chi connectivity index (χ0n) is 52.9. The molecule has 0 unspecified atom stereocenters. The normalized spacial score (nSPS) is 12.6. The van der Waals surface area contributed by atoms with Crippen LogP contribution in [0.3, 0.4) is 0 Å². The first-order valence-electron chi connectivity index (χ1n) is 32.1. The number of para-hydroxylation sites is 5. The molecule has 0 bridgehead atoms. The molecule has 0 saturated carbocycles. The summed E-state index contributed by atoms with van der Waals surface area (Å²) in [5.74, 6) is 0. The molecule has 4 aromatic heterocycles. The minimum absolute atomic E-state index is 1.02. The van der Waals surface area contributed by atoms with Gasteiger partial charge in [-0.15, -0.1) is 0 Å². The van der Waals surface area contributed by atoms with Crippen LogP contribution in [0, 0.1) is 41.5 Å². The Labute approximate surface area is 511 Å². The molecular formula is C82H88N4. The summed E-state index contributed by atoms with van der Waals surface area (Å²) in [6.07, 6.45) is 10.8. The van der Waals surface area contributed by atoms with Crippen LogP contribution in [0.5, 0.6) is 0 Å². The van der Waals surface area contributed by atoms with Crippen molar-refractivity contribution in [2.45, 2.75) is 147 Å². The van der Waals surface area contributed by atoms with Crippen molar-refractivity contribution in [3.8, 4) is 0 Å². The van der Waals surface area contributed by atoms with Crippen molar-refractivity contribution in [1.29, 1.82) is 0 Å². The van der Waals surface area contributed by atoms with Crippen molar-refractivity contribution in [1.82, 2.24) is 18.3 Å². The van der Waals surface area contributed by atoms with Crippen molar-refractivity contribution >= 4 is 87.2 Å². The summed E-state index contributed by atoms with van der Waals surface area (Å²) in [6, 6.07) is 74.6. The van der Waals surface area contributed by atoms with Crippen molar-refractivity contribution in [3.63, 3.8) is 0 Å². The third kappa shape index (κ3) is 12.0. The summed E-state index contributed by atoms with van der Waals surface area (Å²) >= 11 is 0. The molecular weight excluding hydrogens is 1040 g/mol. The highest BCUT2D eigenvalue weighted by atomic mass is 15.0. The van der Waals surface area contributed by atoms with Gasteiger partial charge in [-0.25, -0.2) is 0 Å². The molecule has 86 heavy (non-hydrogen) atoms. The van der Waals surface area contributed by atoms with Gasteiger partial charge in [0, 0.05) is 108 Å². The number of fused-ring (bicyclic) bond motifs is 14. The van der Waals surface area contributed by atoms with E-state index in [2.05, 4.69) is 294 Å². The molecule has 0 fully saturated rings. The topological polar surface area (TPSA) is 19.7 Å². The van der Waals surface area contributed by atoms with E-state index >= 15 is 0 Å². The third-order valence-electron chi connectivity index (χ3n) is 18.3. The molecule has 4 heteroatoms. The van der Waals surface area contributed by atoms with Crippen LogP contribution in [0.4, 0.5) is 0 Å². The van der Waals surface area contributed by atoms with E-state index in [1.807, 2.05) is 0 Å². The smallest absolute Gasteiger partial charge is 0.0520 e. The molecule has 4 heterocycles. The zero-order valence-corrected chi connectivity index (χ0v) is 52.9. The number of rotatable bonds is 4. The predicted molar refractivity (Wildman–Crippen MR) is 375 cm³/mol. The minimum atomic E-state index is 1.02. The van der Waals surface area contributed by atoms with Gasteiger partial charge in [-0.2, -0.15) is 0 Å². The first-order valence-corrected chi connectivity index (χ1v) is 32.1. The molecule has 436 valence electrons. The van der Waals surface area contributed by atoms with Gasteiger partial charge < -0.3 is 18.3 Å². The number of aromatic nitrogens is 4. The number of nitrogens with zero attached hydrogens (tertiary/aromatic N) is 4. The Bertz CT molecular complexity index is 4630. The minimum Gasteiger partial charge on any atom is -0.341 e. The van der Waals surface area contributed by atoms with E-state index in [9.17, 15) is 0 Å². The zero-order chi connectivity index (χ0) is 59.8.